The van der Waals surface area contributed by atoms with Gasteiger partial charge in [0.15, 0.2) is 0 Å². The van der Waals surface area contributed by atoms with Crippen molar-refractivity contribution in [3.05, 3.63) is 52.1 Å². The van der Waals surface area contributed by atoms with Crippen LogP contribution in [-0.4, -0.2) is 16.1 Å². The van der Waals surface area contributed by atoms with E-state index in [1.54, 1.807) is 36.5 Å². The summed E-state index contributed by atoms with van der Waals surface area (Å²) in [6, 6.07) is 6.81. The first-order valence-electron chi connectivity index (χ1n) is 5.09. The second-order valence-electron chi connectivity index (χ2n) is 3.43. The van der Waals surface area contributed by atoms with Crippen LogP contribution >= 0.6 is 23.2 Å². The SMILES string of the molecule is O=C(C=Cc1c(Cl)cccc1Cl)Nc1ccn[nH]1. The van der Waals surface area contributed by atoms with Gasteiger partial charge in [0.2, 0.25) is 5.91 Å². The number of hydrogen-bond donors (Lipinski definition) is 2. The van der Waals surface area contributed by atoms with Crippen molar-refractivity contribution in [3.63, 3.8) is 0 Å². The second-order valence-corrected chi connectivity index (χ2v) is 4.24. The minimum absolute atomic E-state index is 0.296. The van der Waals surface area contributed by atoms with Crippen molar-refractivity contribution in [2.75, 3.05) is 5.32 Å². The van der Waals surface area contributed by atoms with Gasteiger partial charge in [-0.05, 0) is 18.2 Å². The van der Waals surface area contributed by atoms with Crippen molar-refractivity contribution in [1.29, 1.82) is 0 Å². The molecule has 0 fully saturated rings. The quantitative estimate of drug-likeness (QED) is 0.848. The third-order valence-electron chi connectivity index (χ3n) is 2.16. The van der Waals surface area contributed by atoms with E-state index >= 15 is 0 Å². The number of amides is 1. The molecule has 2 N–H and O–H groups in total. The number of nitrogens with zero attached hydrogens (tertiary/aromatic N) is 1. The summed E-state index contributed by atoms with van der Waals surface area (Å²) in [5.74, 6) is 0.227. The highest BCUT2D eigenvalue weighted by atomic mass is 35.5. The summed E-state index contributed by atoms with van der Waals surface area (Å²) in [5.41, 5.74) is 0.612. The first-order chi connectivity index (χ1) is 8.66. The van der Waals surface area contributed by atoms with Gasteiger partial charge in [0.1, 0.15) is 5.82 Å². The van der Waals surface area contributed by atoms with E-state index in [4.69, 9.17) is 23.2 Å². The molecule has 0 saturated heterocycles. The summed E-state index contributed by atoms with van der Waals surface area (Å²) in [6.45, 7) is 0. The molecule has 0 bridgehead atoms. The molecule has 0 spiro atoms. The van der Waals surface area contributed by atoms with Gasteiger partial charge in [0.05, 0.1) is 6.20 Å². The fourth-order valence-electron chi connectivity index (χ4n) is 1.33. The van der Waals surface area contributed by atoms with Crippen LogP contribution in [0.1, 0.15) is 5.56 Å². The highest BCUT2D eigenvalue weighted by Crippen LogP contribution is 2.25. The highest BCUT2D eigenvalue weighted by Gasteiger charge is 2.03. The first-order valence-corrected chi connectivity index (χ1v) is 5.85. The first kappa shape index (κ1) is 12.7. The second kappa shape index (κ2) is 5.71. The number of hydrogen-bond acceptors (Lipinski definition) is 2. The van der Waals surface area contributed by atoms with Crippen LogP contribution in [0.15, 0.2) is 36.5 Å². The van der Waals surface area contributed by atoms with Crippen LogP contribution in [0.2, 0.25) is 10.0 Å². The normalized spacial score (nSPS) is 10.8. The van der Waals surface area contributed by atoms with Gasteiger partial charge in [-0.3, -0.25) is 9.89 Å². The fourth-order valence-corrected chi connectivity index (χ4v) is 1.85. The maximum Gasteiger partial charge on any atom is 0.249 e. The molecule has 1 aromatic heterocycles. The van der Waals surface area contributed by atoms with E-state index in [2.05, 4.69) is 15.5 Å². The summed E-state index contributed by atoms with van der Waals surface area (Å²) in [4.78, 5) is 11.6. The maximum atomic E-state index is 11.6. The van der Waals surface area contributed by atoms with E-state index in [9.17, 15) is 4.79 Å². The van der Waals surface area contributed by atoms with Crippen molar-refractivity contribution in [2.45, 2.75) is 0 Å². The molecule has 0 saturated carbocycles. The van der Waals surface area contributed by atoms with Crippen LogP contribution in [0.5, 0.6) is 0 Å². The largest absolute Gasteiger partial charge is 0.307 e. The Kier molecular flexibility index (Phi) is 4.02. The number of rotatable bonds is 3. The summed E-state index contributed by atoms with van der Waals surface area (Å²) in [7, 11) is 0. The lowest BCUT2D eigenvalue weighted by molar-refractivity contribution is -0.111. The van der Waals surface area contributed by atoms with Gasteiger partial charge >= 0.3 is 0 Å². The minimum Gasteiger partial charge on any atom is -0.307 e. The lowest BCUT2D eigenvalue weighted by atomic mass is 10.2. The number of carbonyl (C=O) groups is 1. The molecule has 1 amide bonds. The fraction of sp³-hybridized carbons (Fsp3) is 0. The summed E-state index contributed by atoms with van der Waals surface area (Å²) in [5, 5.41) is 9.93. The van der Waals surface area contributed by atoms with Gasteiger partial charge in [-0.25, -0.2) is 0 Å². The Morgan fingerprint density at radius 3 is 2.61 bits per heavy atom. The van der Waals surface area contributed by atoms with Crippen LogP contribution in [0.25, 0.3) is 6.08 Å². The molecular weight excluding hydrogens is 273 g/mol. The van der Waals surface area contributed by atoms with E-state index in [0.29, 0.717) is 21.4 Å². The van der Waals surface area contributed by atoms with E-state index in [-0.39, 0.29) is 5.91 Å². The monoisotopic (exact) mass is 281 g/mol. The van der Waals surface area contributed by atoms with E-state index in [1.807, 2.05) is 0 Å². The number of anilines is 1. The van der Waals surface area contributed by atoms with Crippen LogP contribution in [0.3, 0.4) is 0 Å². The Morgan fingerprint density at radius 2 is 2.00 bits per heavy atom. The minimum atomic E-state index is -0.296. The van der Waals surface area contributed by atoms with Crippen LogP contribution in [0.4, 0.5) is 5.82 Å². The zero-order valence-corrected chi connectivity index (χ0v) is 10.7. The topological polar surface area (TPSA) is 57.8 Å². The predicted molar refractivity (Wildman–Crippen MR) is 72.7 cm³/mol. The number of carbonyl (C=O) groups excluding carboxylic acids is 1. The molecule has 2 aromatic rings. The van der Waals surface area contributed by atoms with Gasteiger partial charge < -0.3 is 5.32 Å². The number of aromatic nitrogens is 2. The molecule has 1 heterocycles. The van der Waals surface area contributed by atoms with Crippen LogP contribution in [-0.2, 0) is 4.79 Å². The Morgan fingerprint density at radius 1 is 1.28 bits per heavy atom. The summed E-state index contributed by atoms with van der Waals surface area (Å²) < 4.78 is 0. The van der Waals surface area contributed by atoms with Gasteiger partial charge in [0.25, 0.3) is 0 Å². The molecule has 18 heavy (non-hydrogen) atoms. The molecule has 0 radical (unpaired) electrons. The molecule has 0 unspecified atom stereocenters. The number of halogens is 2. The van der Waals surface area contributed by atoms with Gasteiger partial charge in [-0.1, -0.05) is 29.3 Å². The molecule has 0 aliphatic heterocycles. The number of benzene rings is 1. The highest BCUT2D eigenvalue weighted by molar-refractivity contribution is 6.37. The Bertz CT molecular complexity index is 559. The lowest BCUT2D eigenvalue weighted by Crippen LogP contribution is -2.07. The smallest absolute Gasteiger partial charge is 0.249 e. The summed E-state index contributed by atoms with van der Waals surface area (Å²) in [6.07, 6.45) is 4.47. The van der Waals surface area contributed by atoms with Crippen molar-refractivity contribution in [1.82, 2.24) is 10.2 Å². The maximum absolute atomic E-state index is 11.6. The predicted octanol–water partition coefficient (Wildman–Crippen LogP) is 3.37. The molecule has 6 heteroatoms. The molecule has 2 rings (SSSR count). The molecule has 0 aliphatic rings. The van der Waals surface area contributed by atoms with Crippen molar-refractivity contribution >= 4 is 41.0 Å². The number of nitrogens with one attached hydrogen (secondary N) is 2. The van der Waals surface area contributed by atoms with E-state index in [1.165, 1.54) is 6.08 Å². The average molecular weight is 282 g/mol. The van der Waals surface area contributed by atoms with Gasteiger partial charge in [0, 0.05) is 27.8 Å². The van der Waals surface area contributed by atoms with Crippen LogP contribution < -0.4 is 5.32 Å². The average Bonchev–Trinajstić information content (AvgIpc) is 2.81. The third kappa shape index (κ3) is 3.12. The molecule has 0 aliphatic carbocycles. The Hall–Kier alpha value is -1.78. The number of H-pyrrole nitrogens is 1. The molecule has 4 nitrogen and oxygen atoms in total. The molecular formula is C12H9Cl2N3O. The third-order valence-corrected chi connectivity index (χ3v) is 2.82. The molecule has 92 valence electrons. The zero-order valence-electron chi connectivity index (χ0n) is 9.15. The van der Waals surface area contributed by atoms with Crippen molar-refractivity contribution in [3.8, 4) is 0 Å². The Balaban J connectivity index is 2.09. The molecule has 0 atom stereocenters. The van der Waals surface area contributed by atoms with Gasteiger partial charge in [-0.2, -0.15) is 5.10 Å². The van der Waals surface area contributed by atoms with E-state index < -0.39 is 0 Å². The molecule has 1 aromatic carbocycles. The van der Waals surface area contributed by atoms with Crippen molar-refractivity contribution < 1.29 is 4.79 Å². The summed E-state index contributed by atoms with van der Waals surface area (Å²) >= 11 is 11.9. The van der Waals surface area contributed by atoms with E-state index in [0.717, 1.165) is 0 Å². The van der Waals surface area contributed by atoms with Gasteiger partial charge in [-0.15, -0.1) is 0 Å². The zero-order chi connectivity index (χ0) is 13.0. The van der Waals surface area contributed by atoms with Crippen molar-refractivity contribution in [2.24, 2.45) is 0 Å². The standard InChI is InChI=1S/C12H9Cl2N3O/c13-9-2-1-3-10(14)8(9)4-5-12(18)16-11-6-7-15-17-11/h1-7H,(H2,15,16,17,18). The lowest BCUT2D eigenvalue weighted by Gasteiger charge is -2.01. The Labute approximate surface area is 114 Å². The van der Waals surface area contributed by atoms with Crippen LogP contribution in [0, 0.1) is 0 Å². The number of aromatic amines is 1.